The molecule has 0 unspecified atom stereocenters. The van der Waals surface area contributed by atoms with Crippen molar-refractivity contribution in [2.24, 2.45) is 5.41 Å². The molecule has 3 aliphatic heterocycles. The number of nitrogens with zero attached hydrogens (tertiary/aromatic N) is 6. The van der Waals surface area contributed by atoms with Gasteiger partial charge in [0, 0.05) is 78.7 Å². The monoisotopic (exact) mass is 908 g/mol. The van der Waals surface area contributed by atoms with E-state index in [1.807, 2.05) is 58.1 Å². The fourth-order valence-corrected chi connectivity index (χ4v) is 9.39. The largest absolute Gasteiger partial charge is 0.464 e. The molecule has 4 atom stereocenters. The molecule has 0 saturated carbocycles. The number of hydrogen-bond donors (Lipinski definition) is 2. The minimum Gasteiger partial charge on any atom is -0.464 e. The van der Waals surface area contributed by atoms with Gasteiger partial charge in [0.25, 0.3) is 11.8 Å². The Morgan fingerprint density at radius 2 is 1.94 bits per heavy atom. The number of nitrogens with one attached hydrogen (secondary N) is 2. The Morgan fingerprint density at radius 1 is 1.17 bits per heavy atom. The zero-order valence-electron chi connectivity index (χ0n) is 39.4. The number of thiazole rings is 1. The number of pyridine rings is 1. The van der Waals surface area contributed by atoms with Crippen LogP contribution in [-0.2, 0) is 52.8 Å². The van der Waals surface area contributed by atoms with Crippen LogP contribution in [0.3, 0.4) is 0 Å². The molecular weight excluding hydrogens is 845 g/mol. The van der Waals surface area contributed by atoms with Crippen LogP contribution in [0.1, 0.15) is 90.1 Å². The van der Waals surface area contributed by atoms with Crippen molar-refractivity contribution in [3.63, 3.8) is 0 Å². The number of carbonyl (C=O) groups is 4. The highest BCUT2D eigenvalue weighted by molar-refractivity contribution is 7.10. The highest BCUT2D eigenvalue weighted by atomic mass is 32.1. The Hall–Kier alpha value is -5.18. The molecule has 2 fully saturated rings. The van der Waals surface area contributed by atoms with E-state index in [1.165, 1.54) is 16.3 Å². The van der Waals surface area contributed by atoms with Crippen molar-refractivity contribution in [2.75, 3.05) is 47.4 Å². The average Bonchev–Trinajstić information content (AvgIpc) is 3.86. The smallest absolute Gasteiger partial charge is 0.324 e. The summed E-state index contributed by atoms with van der Waals surface area (Å²) < 4.78 is 20.4. The zero-order valence-corrected chi connectivity index (χ0v) is 40.3. The van der Waals surface area contributed by atoms with Gasteiger partial charge in [-0.05, 0) is 104 Å². The first-order valence-electron chi connectivity index (χ1n) is 22.6. The van der Waals surface area contributed by atoms with Crippen molar-refractivity contribution in [1.29, 1.82) is 0 Å². The van der Waals surface area contributed by atoms with Crippen LogP contribution in [0, 0.1) is 17.3 Å². The molecule has 0 aliphatic carbocycles. The first kappa shape index (κ1) is 47.8. The molecule has 16 heteroatoms. The Kier molecular flexibility index (Phi) is 14.5. The van der Waals surface area contributed by atoms with Crippen LogP contribution in [0.5, 0.6) is 0 Å². The molecule has 3 aromatic heterocycles. The molecule has 4 aromatic rings. The van der Waals surface area contributed by atoms with Crippen LogP contribution in [-0.4, -0.2) is 130 Å². The summed E-state index contributed by atoms with van der Waals surface area (Å²) >= 11 is 1.43. The maximum atomic E-state index is 14.4. The lowest BCUT2D eigenvalue weighted by Gasteiger charge is -2.39. The van der Waals surface area contributed by atoms with Crippen LogP contribution in [0.15, 0.2) is 41.9 Å². The number of amides is 3. The van der Waals surface area contributed by atoms with Crippen LogP contribution < -0.4 is 10.7 Å². The van der Waals surface area contributed by atoms with Gasteiger partial charge in [0.1, 0.15) is 12.1 Å². The highest BCUT2D eigenvalue weighted by Crippen LogP contribution is 2.42. The molecule has 65 heavy (non-hydrogen) atoms. The van der Waals surface area contributed by atoms with Crippen molar-refractivity contribution in [2.45, 2.75) is 123 Å². The van der Waals surface area contributed by atoms with E-state index in [0.29, 0.717) is 50.4 Å². The quantitative estimate of drug-likeness (QED) is 0.152. The lowest BCUT2D eigenvalue weighted by atomic mass is 9.84. The van der Waals surface area contributed by atoms with E-state index in [4.69, 9.17) is 24.2 Å². The Morgan fingerprint density at radius 3 is 2.66 bits per heavy atom. The third-order valence-electron chi connectivity index (χ3n) is 12.8. The minimum absolute atomic E-state index is 0.000991. The van der Waals surface area contributed by atoms with E-state index < -0.39 is 35.1 Å². The van der Waals surface area contributed by atoms with E-state index in [9.17, 15) is 19.2 Å². The predicted molar refractivity (Wildman–Crippen MR) is 250 cm³/mol. The Bertz CT molecular complexity index is 2480. The molecule has 0 radical (unpaired) electrons. The molecule has 2 saturated heterocycles. The Labute approximate surface area is 386 Å². The second-order valence-corrected chi connectivity index (χ2v) is 20.0. The van der Waals surface area contributed by atoms with E-state index in [0.717, 1.165) is 44.7 Å². The van der Waals surface area contributed by atoms with Crippen LogP contribution in [0.4, 0.5) is 0 Å². The molecule has 348 valence electrons. The van der Waals surface area contributed by atoms with Gasteiger partial charge in [-0.1, -0.05) is 25.8 Å². The van der Waals surface area contributed by atoms with Crippen molar-refractivity contribution < 1.29 is 33.4 Å². The fraction of sp³-hybridized carbons (Fsp3) is 0.551. The molecule has 2 N–H and O–H groups in total. The first-order chi connectivity index (χ1) is 30.9. The van der Waals surface area contributed by atoms with Crippen molar-refractivity contribution in [3.8, 4) is 34.4 Å². The van der Waals surface area contributed by atoms with Crippen LogP contribution in [0.25, 0.3) is 33.4 Å². The Balaban J connectivity index is 1.15. The number of likely N-dealkylation sites (tertiary alicyclic amines) is 1. The van der Waals surface area contributed by atoms with Crippen LogP contribution >= 0.6 is 11.3 Å². The molecule has 1 aromatic carbocycles. The molecule has 0 spiro atoms. The second kappa shape index (κ2) is 19.7. The molecule has 15 nitrogen and oxygen atoms in total. The number of methoxy groups -OCH3 is 1. The molecule has 7 rings (SSSR count). The maximum absolute atomic E-state index is 14.4. The summed E-state index contributed by atoms with van der Waals surface area (Å²) in [5.41, 5.74) is 8.95. The summed E-state index contributed by atoms with van der Waals surface area (Å²) in [6.45, 7) is 16.0. The average molecular weight is 909 g/mol. The van der Waals surface area contributed by atoms with Gasteiger partial charge in [-0.3, -0.25) is 34.1 Å². The molecule has 3 aliphatic rings. The van der Waals surface area contributed by atoms with Gasteiger partial charge in [-0.2, -0.15) is 0 Å². The molecule has 6 heterocycles. The fourth-order valence-electron chi connectivity index (χ4n) is 8.54. The maximum Gasteiger partial charge on any atom is 0.324 e. The predicted octanol–water partition coefficient (Wildman–Crippen LogP) is 5.55. The van der Waals surface area contributed by atoms with Gasteiger partial charge in [0.05, 0.1) is 59.0 Å². The molecule has 3 amide bonds. The van der Waals surface area contributed by atoms with Gasteiger partial charge < -0.3 is 29.0 Å². The lowest BCUT2D eigenvalue weighted by molar-refractivity contribution is -0.155. The van der Waals surface area contributed by atoms with Gasteiger partial charge in [-0.15, -0.1) is 11.3 Å². The third kappa shape index (κ3) is 10.8. The zero-order chi connectivity index (χ0) is 46.8. The number of aromatic nitrogens is 3. The number of hydrogen-bond acceptors (Lipinski definition) is 12. The van der Waals surface area contributed by atoms with Gasteiger partial charge in [-0.25, -0.2) is 10.4 Å². The standard InChI is InChI=1S/C49H64N8O7S/c1-11-56-40-17-16-32-23-35(40)36(45(56)34-14-12-20-50-44(34)31(3)62-10)25-48(4,5)29-63-47(61)37-15-13-21-57(53-37)46(60)38(24-42-52-39(32)28-65-42)51-41(58)22-30(2)64-33-26-55(27-33)43(59)18-19-49(6,7)54(8)9/h12,14,16-17,20,23,28,30-31,33,37-38,53H,11,13,15,21-22,24-27,29H2,1-10H3,(H,51,58)/t30-,31+,37+,38+/m1/s1. The van der Waals surface area contributed by atoms with Crippen molar-refractivity contribution in [1.82, 2.24) is 40.1 Å². The van der Waals surface area contributed by atoms with Crippen LogP contribution in [0.2, 0.25) is 0 Å². The van der Waals surface area contributed by atoms with Gasteiger partial charge >= 0.3 is 5.97 Å². The summed E-state index contributed by atoms with van der Waals surface area (Å²) in [4.78, 5) is 68.0. The number of benzene rings is 1. The summed E-state index contributed by atoms with van der Waals surface area (Å²) in [6, 6.07) is 8.73. The number of carbonyl (C=O) groups excluding carboxylic acids is 4. The summed E-state index contributed by atoms with van der Waals surface area (Å²) in [5.74, 6) is 4.36. The summed E-state index contributed by atoms with van der Waals surface area (Å²) in [6.07, 6.45) is 2.64. The van der Waals surface area contributed by atoms with Crippen molar-refractivity contribution >= 4 is 45.9 Å². The number of aryl methyl sites for hydroxylation is 1. The highest BCUT2D eigenvalue weighted by Gasteiger charge is 2.37. The minimum atomic E-state index is -0.978. The van der Waals surface area contributed by atoms with E-state index in [2.05, 4.69) is 72.2 Å². The summed E-state index contributed by atoms with van der Waals surface area (Å²) in [5, 5.41) is 8.16. The molecular formula is C49H64N8O7S. The topological polar surface area (TPSA) is 160 Å². The second-order valence-electron chi connectivity index (χ2n) is 19.0. The van der Waals surface area contributed by atoms with Gasteiger partial charge in [0.15, 0.2) is 0 Å². The van der Waals surface area contributed by atoms with E-state index >= 15 is 0 Å². The number of ether oxygens (including phenoxy) is 3. The number of esters is 1. The third-order valence-corrected chi connectivity index (χ3v) is 13.7. The number of cyclic esters (lactones) is 1. The molecule has 6 bridgehead atoms. The van der Waals surface area contributed by atoms with E-state index in [1.54, 1.807) is 18.2 Å². The summed E-state index contributed by atoms with van der Waals surface area (Å²) in [7, 11) is 5.52. The number of hydrazine groups is 1. The normalized spacial score (nSPS) is 20.4. The van der Waals surface area contributed by atoms with Crippen molar-refractivity contribution in [3.05, 3.63) is 58.2 Å². The first-order valence-corrected chi connectivity index (χ1v) is 23.5. The van der Waals surface area contributed by atoms with E-state index in [-0.39, 0.29) is 49.4 Å². The lowest BCUT2D eigenvalue weighted by Crippen LogP contribution is -2.60. The number of rotatable bonds is 10. The SMILES string of the molecule is CCn1c(-c2cccnc2[C@H](C)OC)c2c3cc(ccc31)-c1csc(n1)C[C@H](NC(=O)C[C@@H](C)OC1CN(C(=O)C#CC(C)(C)N(C)C)C1)C(=O)N1CCC[C@H](N1)C(=O)OCC(C)(C)C2. The number of fused-ring (bicyclic) bond motifs is 6. The van der Waals surface area contributed by atoms with Gasteiger partial charge in [0.2, 0.25) is 5.91 Å².